The van der Waals surface area contributed by atoms with Crippen LogP contribution in [-0.4, -0.2) is 16.3 Å². The molecule has 1 saturated carbocycles. The molecule has 0 saturated heterocycles. The summed E-state index contributed by atoms with van der Waals surface area (Å²) in [5.41, 5.74) is 6.85. The van der Waals surface area contributed by atoms with Crippen LogP contribution >= 0.6 is 0 Å². The van der Waals surface area contributed by atoms with Crippen LogP contribution in [0.25, 0.3) is 0 Å². The molecule has 1 aromatic heterocycles. The average molecular weight is 193 g/mol. The van der Waals surface area contributed by atoms with E-state index in [0.29, 0.717) is 17.8 Å². The molecule has 3 nitrogen and oxygen atoms in total. The second-order valence-electron chi connectivity index (χ2n) is 4.69. The van der Waals surface area contributed by atoms with Gasteiger partial charge in [0.15, 0.2) is 0 Å². The Labute approximate surface area is 85.3 Å². The van der Waals surface area contributed by atoms with Gasteiger partial charge < -0.3 is 5.73 Å². The molecule has 0 bridgehead atoms. The molecule has 2 N–H and O–H groups in total. The topological polar surface area (TPSA) is 43.8 Å². The van der Waals surface area contributed by atoms with E-state index in [4.69, 9.17) is 5.73 Å². The average Bonchev–Trinajstić information content (AvgIpc) is 2.79. The third-order valence-electron chi connectivity index (χ3n) is 2.82. The summed E-state index contributed by atoms with van der Waals surface area (Å²) in [6.45, 7) is 6.24. The molecule has 0 radical (unpaired) electrons. The lowest BCUT2D eigenvalue weighted by Gasteiger charge is -2.03. The lowest BCUT2D eigenvalue weighted by atomic mass is 10.2. The summed E-state index contributed by atoms with van der Waals surface area (Å²) in [6, 6.07) is 2.14. The van der Waals surface area contributed by atoms with Gasteiger partial charge in [0.2, 0.25) is 0 Å². The van der Waals surface area contributed by atoms with Crippen molar-refractivity contribution in [1.29, 1.82) is 0 Å². The summed E-state index contributed by atoms with van der Waals surface area (Å²) in [6.07, 6.45) is 3.32. The molecule has 0 spiro atoms. The molecule has 0 aromatic carbocycles. The summed E-state index contributed by atoms with van der Waals surface area (Å²) in [7, 11) is 0. The third kappa shape index (κ3) is 1.98. The first-order valence-corrected chi connectivity index (χ1v) is 5.44. The van der Waals surface area contributed by atoms with E-state index in [2.05, 4.69) is 31.2 Å². The number of nitrogens with zero attached hydrogens (tertiary/aromatic N) is 2. The fourth-order valence-corrected chi connectivity index (χ4v) is 1.92. The smallest absolute Gasteiger partial charge is 0.0658 e. The van der Waals surface area contributed by atoms with E-state index < -0.39 is 0 Å². The van der Waals surface area contributed by atoms with Crippen molar-refractivity contribution in [3.63, 3.8) is 0 Å². The van der Waals surface area contributed by atoms with Gasteiger partial charge in [0.25, 0.3) is 0 Å². The lowest BCUT2D eigenvalue weighted by molar-refractivity contribution is 0.479. The second-order valence-corrected chi connectivity index (χ2v) is 4.69. The van der Waals surface area contributed by atoms with Crippen LogP contribution in [0.5, 0.6) is 0 Å². The third-order valence-corrected chi connectivity index (χ3v) is 2.82. The Bertz CT molecular complexity index is 303. The zero-order chi connectivity index (χ0) is 10.1. The molecule has 1 heterocycles. The first-order valence-electron chi connectivity index (χ1n) is 5.44. The van der Waals surface area contributed by atoms with Gasteiger partial charge in [0, 0.05) is 18.7 Å². The molecular weight excluding hydrogens is 174 g/mol. The molecule has 78 valence electrons. The highest BCUT2D eigenvalue weighted by Gasteiger charge is 2.38. The highest BCUT2D eigenvalue weighted by molar-refractivity contribution is 5.16. The monoisotopic (exact) mass is 193 g/mol. The van der Waals surface area contributed by atoms with E-state index in [1.807, 2.05) is 4.68 Å². The number of hydrogen-bond donors (Lipinski definition) is 1. The quantitative estimate of drug-likeness (QED) is 0.789. The molecular formula is C11H19N3. The molecule has 0 aliphatic heterocycles. The van der Waals surface area contributed by atoms with E-state index in [1.54, 1.807) is 0 Å². The van der Waals surface area contributed by atoms with Crippen LogP contribution in [0, 0.1) is 11.8 Å². The maximum absolute atomic E-state index is 5.61. The number of rotatable bonds is 4. The fraction of sp³-hybridized carbons (Fsp3) is 0.727. The maximum Gasteiger partial charge on any atom is 0.0658 e. The SMILES string of the molecule is CC(C)Cn1ccc(C2CC2CN)n1. The van der Waals surface area contributed by atoms with Crippen molar-refractivity contribution in [1.82, 2.24) is 9.78 Å². The first-order chi connectivity index (χ1) is 6.70. The first kappa shape index (κ1) is 9.71. The Morgan fingerprint density at radius 3 is 3.00 bits per heavy atom. The van der Waals surface area contributed by atoms with Crippen LogP contribution in [0.4, 0.5) is 0 Å². The van der Waals surface area contributed by atoms with Crippen molar-refractivity contribution in [2.45, 2.75) is 32.7 Å². The van der Waals surface area contributed by atoms with Crippen LogP contribution in [0.2, 0.25) is 0 Å². The van der Waals surface area contributed by atoms with Gasteiger partial charge in [-0.05, 0) is 30.9 Å². The van der Waals surface area contributed by atoms with Gasteiger partial charge in [-0.15, -0.1) is 0 Å². The predicted molar refractivity (Wildman–Crippen MR) is 57.0 cm³/mol. The van der Waals surface area contributed by atoms with Crippen molar-refractivity contribution in [2.24, 2.45) is 17.6 Å². The number of aromatic nitrogens is 2. The summed E-state index contributed by atoms with van der Waals surface area (Å²) >= 11 is 0. The molecule has 2 unspecified atom stereocenters. The van der Waals surface area contributed by atoms with E-state index >= 15 is 0 Å². The molecule has 1 aliphatic carbocycles. The highest BCUT2D eigenvalue weighted by atomic mass is 15.3. The van der Waals surface area contributed by atoms with Gasteiger partial charge in [-0.25, -0.2) is 0 Å². The zero-order valence-electron chi connectivity index (χ0n) is 8.98. The predicted octanol–water partition coefficient (Wildman–Crippen LogP) is 1.60. The van der Waals surface area contributed by atoms with Crippen LogP contribution in [0.15, 0.2) is 12.3 Å². The summed E-state index contributed by atoms with van der Waals surface area (Å²) in [5, 5.41) is 4.57. The Kier molecular flexibility index (Phi) is 2.59. The molecule has 1 aliphatic rings. The van der Waals surface area contributed by atoms with Crippen LogP contribution in [0.1, 0.15) is 31.9 Å². The molecule has 3 heteroatoms. The second kappa shape index (κ2) is 3.73. The minimum Gasteiger partial charge on any atom is -0.330 e. The van der Waals surface area contributed by atoms with Crippen LogP contribution in [-0.2, 0) is 6.54 Å². The van der Waals surface area contributed by atoms with E-state index in [1.165, 1.54) is 12.1 Å². The van der Waals surface area contributed by atoms with Gasteiger partial charge in [-0.2, -0.15) is 5.10 Å². The molecule has 0 amide bonds. The van der Waals surface area contributed by atoms with Crippen molar-refractivity contribution in [3.8, 4) is 0 Å². The van der Waals surface area contributed by atoms with Gasteiger partial charge in [0.05, 0.1) is 5.69 Å². The molecule has 1 aromatic rings. The molecule has 2 rings (SSSR count). The van der Waals surface area contributed by atoms with Gasteiger partial charge >= 0.3 is 0 Å². The summed E-state index contributed by atoms with van der Waals surface area (Å²) in [5.74, 6) is 2.00. The van der Waals surface area contributed by atoms with Crippen LogP contribution in [0.3, 0.4) is 0 Å². The number of nitrogens with two attached hydrogens (primary N) is 1. The summed E-state index contributed by atoms with van der Waals surface area (Å²) < 4.78 is 2.05. The fourth-order valence-electron chi connectivity index (χ4n) is 1.92. The Balaban J connectivity index is 1.97. The van der Waals surface area contributed by atoms with Crippen molar-refractivity contribution in [3.05, 3.63) is 18.0 Å². The Morgan fingerprint density at radius 2 is 2.43 bits per heavy atom. The highest BCUT2D eigenvalue weighted by Crippen LogP contribution is 2.45. The molecule has 1 fully saturated rings. The van der Waals surface area contributed by atoms with Crippen LogP contribution < -0.4 is 5.73 Å². The van der Waals surface area contributed by atoms with Crippen molar-refractivity contribution in [2.75, 3.05) is 6.54 Å². The van der Waals surface area contributed by atoms with Gasteiger partial charge in [-0.3, -0.25) is 4.68 Å². The number of hydrogen-bond acceptors (Lipinski definition) is 2. The lowest BCUT2D eigenvalue weighted by Crippen LogP contribution is -2.06. The van der Waals surface area contributed by atoms with E-state index in [-0.39, 0.29) is 0 Å². The normalized spacial score (nSPS) is 25.7. The molecule has 2 atom stereocenters. The largest absolute Gasteiger partial charge is 0.330 e. The standard InChI is InChI=1S/C11H19N3/c1-8(2)7-14-4-3-11(13-14)10-5-9(10)6-12/h3-4,8-10H,5-7,12H2,1-2H3. The molecule has 14 heavy (non-hydrogen) atoms. The van der Waals surface area contributed by atoms with Gasteiger partial charge in [0.1, 0.15) is 0 Å². The minimum absolute atomic E-state index is 0.647. The minimum atomic E-state index is 0.647. The van der Waals surface area contributed by atoms with E-state index in [9.17, 15) is 0 Å². The van der Waals surface area contributed by atoms with Crippen molar-refractivity contribution >= 4 is 0 Å². The maximum atomic E-state index is 5.61. The van der Waals surface area contributed by atoms with E-state index in [0.717, 1.165) is 13.1 Å². The van der Waals surface area contributed by atoms with Gasteiger partial charge in [-0.1, -0.05) is 13.8 Å². The Hall–Kier alpha value is -0.830. The summed E-state index contributed by atoms with van der Waals surface area (Å²) in [4.78, 5) is 0. The zero-order valence-corrected chi connectivity index (χ0v) is 8.98. The Morgan fingerprint density at radius 1 is 1.64 bits per heavy atom. The van der Waals surface area contributed by atoms with Crippen molar-refractivity contribution < 1.29 is 0 Å².